The van der Waals surface area contributed by atoms with Gasteiger partial charge in [-0.15, -0.1) is 11.8 Å². The smallest absolute Gasteiger partial charge is 0.241 e. The van der Waals surface area contributed by atoms with Crippen molar-refractivity contribution in [2.75, 3.05) is 49.1 Å². The molecule has 0 radical (unpaired) electrons. The molecule has 0 spiro atoms. The number of thioether (sulfide) groups is 1. The van der Waals surface area contributed by atoms with Crippen LogP contribution < -0.4 is 15.1 Å². The molecule has 0 aromatic heterocycles. The number of amides is 2. The highest BCUT2D eigenvalue weighted by molar-refractivity contribution is 8.01. The molecule has 1 saturated heterocycles. The second-order valence-corrected chi connectivity index (χ2v) is 12.0. The number of halogens is 3. The molecule has 2 aliphatic rings. The number of piperazine rings is 1. The molecule has 3 aromatic rings. The third-order valence-electron chi connectivity index (χ3n) is 7.65. The average molecular weight is 599 g/mol. The molecule has 41 heavy (non-hydrogen) atoms. The van der Waals surface area contributed by atoms with Crippen LogP contribution in [0.2, 0.25) is 5.02 Å². The molecular weight excluding hydrogens is 566 g/mol. The van der Waals surface area contributed by atoms with Crippen molar-refractivity contribution >= 4 is 46.6 Å². The number of nitrogens with one attached hydrogen (secondary N) is 1. The van der Waals surface area contributed by atoms with Crippen molar-refractivity contribution in [3.05, 3.63) is 89.0 Å². The van der Waals surface area contributed by atoms with Crippen molar-refractivity contribution in [2.45, 2.75) is 30.0 Å². The molecule has 1 N–H and O–H groups in total. The number of fused-ring (bicyclic) bond motifs is 1. The van der Waals surface area contributed by atoms with Gasteiger partial charge in [0.05, 0.1) is 18.2 Å². The summed E-state index contributed by atoms with van der Waals surface area (Å²) in [4.78, 5) is 34.0. The fraction of sp³-hybridized carbons (Fsp3) is 0.355. The van der Waals surface area contributed by atoms with Crippen molar-refractivity contribution in [3.8, 4) is 0 Å². The van der Waals surface area contributed by atoms with Crippen LogP contribution >= 0.6 is 23.4 Å². The average Bonchev–Trinajstić information content (AvgIpc) is 2.98. The predicted molar refractivity (Wildman–Crippen MR) is 161 cm³/mol. The van der Waals surface area contributed by atoms with Crippen LogP contribution in [0.25, 0.3) is 0 Å². The van der Waals surface area contributed by atoms with Crippen LogP contribution in [0.3, 0.4) is 0 Å². The molecule has 2 atom stereocenters. The first-order valence-electron chi connectivity index (χ1n) is 13.8. The zero-order chi connectivity index (χ0) is 28.9. The zero-order valence-electron chi connectivity index (χ0n) is 22.9. The Kier molecular flexibility index (Phi) is 9.47. The highest BCUT2D eigenvalue weighted by Crippen LogP contribution is 2.42. The summed E-state index contributed by atoms with van der Waals surface area (Å²) < 4.78 is 26.8. The molecule has 10 heteroatoms. The lowest BCUT2D eigenvalue weighted by atomic mass is 10.0. The summed E-state index contributed by atoms with van der Waals surface area (Å²) in [5.74, 6) is -1.54. The second-order valence-electron chi connectivity index (χ2n) is 10.4. The third kappa shape index (κ3) is 7.02. The first-order chi connectivity index (χ1) is 19.8. The summed E-state index contributed by atoms with van der Waals surface area (Å²) >= 11 is 7.68. The number of hydrogen-bond donors (Lipinski definition) is 1. The van der Waals surface area contributed by atoms with Crippen LogP contribution in [0.15, 0.2) is 71.6 Å². The van der Waals surface area contributed by atoms with E-state index in [9.17, 15) is 18.4 Å². The van der Waals surface area contributed by atoms with Gasteiger partial charge in [0.25, 0.3) is 0 Å². The van der Waals surface area contributed by atoms with Gasteiger partial charge in [0.15, 0.2) is 0 Å². The molecule has 2 amide bonds. The van der Waals surface area contributed by atoms with E-state index in [0.29, 0.717) is 12.1 Å². The van der Waals surface area contributed by atoms with Crippen LogP contribution in [0.5, 0.6) is 0 Å². The highest BCUT2D eigenvalue weighted by atomic mass is 35.5. The van der Waals surface area contributed by atoms with Gasteiger partial charge < -0.3 is 15.1 Å². The van der Waals surface area contributed by atoms with E-state index in [1.54, 1.807) is 17.9 Å². The molecule has 6 nitrogen and oxygen atoms in total. The molecule has 0 unspecified atom stereocenters. The van der Waals surface area contributed by atoms with Gasteiger partial charge in [-0.05, 0) is 67.1 Å². The lowest BCUT2D eigenvalue weighted by molar-refractivity contribution is -0.128. The Bertz CT molecular complexity index is 1380. The Morgan fingerprint density at radius 3 is 2.46 bits per heavy atom. The summed E-state index contributed by atoms with van der Waals surface area (Å²) in [6, 6.07) is 18.3. The summed E-state index contributed by atoms with van der Waals surface area (Å²) in [5, 5.41) is 2.69. The van der Waals surface area contributed by atoms with Gasteiger partial charge in [-0.3, -0.25) is 14.5 Å². The van der Waals surface area contributed by atoms with Gasteiger partial charge in [0.1, 0.15) is 16.9 Å². The first-order valence-corrected chi connectivity index (χ1v) is 15.1. The molecule has 216 valence electrons. The molecular formula is C31H33ClF2N4O2S. The van der Waals surface area contributed by atoms with E-state index in [2.05, 4.69) is 15.1 Å². The standard InChI is InChI=1S/C31H33ClF2N4O2S/c1-21(30(39)35-13-4-14-36-15-17-37(18-16-36)25-11-9-23(33)10-12-25)29-31(40)38(27-5-2-3-6-28(27)41-29)20-22-7-8-24(34)19-26(22)32/h2-3,5-12,19,21,29H,4,13-18,20H2,1H3,(H,35,39)/t21-,29-/m0/s1. The van der Waals surface area contributed by atoms with Crippen molar-refractivity contribution in [1.82, 2.24) is 10.2 Å². The Balaban J connectivity index is 1.13. The SMILES string of the molecule is C[C@H](C(=O)NCCCN1CCN(c2ccc(F)cc2)CC1)[C@@H]1Sc2ccccc2N(Cc2ccc(F)cc2Cl)C1=O. The van der Waals surface area contributed by atoms with Crippen LogP contribution in [0.4, 0.5) is 20.2 Å². The van der Waals surface area contributed by atoms with Gasteiger partial charge in [0, 0.05) is 48.3 Å². The first kappa shape index (κ1) is 29.4. The topological polar surface area (TPSA) is 55.9 Å². The van der Waals surface area contributed by atoms with Crippen LogP contribution in [0.1, 0.15) is 18.9 Å². The number of para-hydroxylation sites is 1. The van der Waals surface area contributed by atoms with E-state index in [0.717, 1.165) is 55.4 Å². The maximum atomic E-state index is 13.7. The Hall–Kier alpha value is -3.14. The van der Waals surface area contributed by atoms with E-state index in [1.165, 1.54) is 36.0 Å². The fourth-order valence-corrected chi connectivity index (χ4v) is 6.75. The van der Waals surface area contributed by atoms with E-state index in [4.69, 9.17) is 11.6 Å². The van der Waals surface area contributed by atoms with Crippen LogP contribution in [-0.4, -0.2) is 61.2 Å². The van der Waals surface area contributed by atoms with Crippen molar-refractivity contribution in [3.63, 3.8) is 0 Å². The molecule has 0 saturated carbocycles. The molecule has 3 aromatic carbocycles. The van der Waals surface area contributed by atoms with E-state index < -0.39 is 17.0 Å². The van der Waals surface area contributed by atoms with Gasteiger partial charge in [-0.25, -0.2) is 8.78 Å². The molecule has 2 aliphatic heterocycles. The summed E-state index contributed by atoms with van der Waals surface area (Å²) in [6.07, 6.45) is 0.804. The number of carbonyl (C=O) groups excluding carboxylic acids is 2. The Labute approximate surface area is 248 Å². The van der Waals surface area contributed by atoms with Gasteiger partial charge >= 0.3 is 0 Å². The number of anilines is 2. The van der Waals surface area contributed by atoms with E-state index in [1.807, 2.05) is 36.4 Å². The number of hydrogen-bond acceptors (Lipinski definition) is 5. The van der Waals surface area contributed by atoms with Crippen LogP contribution in [-0.2, 0) is 16.1 Å². The number of nitrogens with zero attached hydrogens (tertiary/aromatic N) is 3. The summed E-state index contributed by atoms with van der Waals surface area (Å²) in [7, 11) is 0. The fourth-order valence-electron chi connectivity index (χ4n) is 5.23. The lowest BCUT2D eigenvalue weighted by Gasteiger charge is -2.36. The van der Waals surface area contributed by atoms with E-state index >= 15 is 0 Å². The maximum Gasteiger partial charge on any atom is 0.241 e. The lowest BCUT2D eigenvalue weighted by Crippen LogP contribution is -2.48. The van der Waals surface area contributed by atoms with Gasteiger partial charge in [-0.2, -0.15) is 0 Å². The minimum absolute atomic E-state index is 0.156. The van der Waals surface area contributed by atoms with Crippen molar-refractivity contribution < 1.29 is 18.4 Å². The maximum absolute atomic E-state index is 13.7. The Morgan fingerprint density at radius 2 is 1.73 bits per heavy atom. The molecule has 0 bridgehead atoms. The van der Waals surface area contributed by atoms with Crippen molar-refractivity contribution in [2.24, 2.45) is 5.92 Å². The van der Waals surface area contributed by atoms with Gasteiger partial charge in [0.2, 0.25) is 11.8 Å². The van der Waals surface area contributed by atoms with Crippen LogP contribution in [0, 0.1) is 17.6 Å². The molecule has 0 aliphatic carbocycles. The molecule has 5 rings (SSSR count). The predicted octanol–water partition coefficient (Wildman–Crippen LogP) is 5.59. The minimum atomic E-state index is -0.594. The zero-order valence-corrected chi connectivity index (χ0v) is 24.4. The summed E-state index contributed by atoms with van der Waals surface area (Å²) in [6.45, 7) is 6.92. The van der Waals surface area contributed by atoms with E-state index in [-0.39, 0.29) is 29.2 Å². The number of carbonyl (C=O) groups is 2. The normalized spacial score (nSPS) is 18.2. The number of rotatable bonds is 9. The largest absolute Gasteiger partial charge is 0.369 e. The van der Waals surface area contributed by atoms with Gasteiger partial charge in [-0.1, -0.05) is 36.7 Å². The third-order valence-corrected chi connectivity index (χ3v) is 9.46. The number of benzene rings is 3. The summed E-state index contributed by atoms with van der Waals surface area (Å²) in [5.41, 5.74) is 2.42. The second kappa shape index (κ2) is 13.2. The Morgan fingerprint density at radius 1 is 1.02 bits per heavy atom. The quantitative estimate of drug-likeness (QED) is 0.326. The van der Waals surface area contributed by atoms with Crippen molar-refractivity contribution in [1.29, 1.82) is 0 Å². The minimum Gasteiger partial charge on any atom is -0.369 e. The highest BCUT2D eigenvalue weighted by Gasteiger charge is 2.39. The monoisotopic (exact) mass is 598 g/mol. The molecule has 1 fully saturated rings. The molecule has 2 heterocycles.